The molecule has 35 heavy (non-hydrogen) atoms. The van der Waals surface area contributed by atoms with Crippen molar-refractivity contribution in [2.24, 2.45) is 11.0 Å². The maximum absolute atomic E-state index is 13.2. The minimum atomic E-state index is -0.289. The number of carbonyl (C=O) groups excluding carboxylic acids is 1. The van der Waals surface area contributed by atoms with Crippen LogP contribution in [0.4, 0.5) is 0 Å². The summed E-state index contributed by atoms with van der Waals surface area (Å²) in [6, 6.07) is 35.5. The molecule has 1 N–H and O–H groups in total. The number of hydrogen-bond donors (Lipinski definition) is 1. The van der Waals surface area contributed by atoms with E-state index < -0.39 is 0 Å². The van der Waals surface area contributed by atoms with E-state index >= 15 is 0 Å². The maximum Gasteiger partial charge on any atom is 0.244 e. The molecule has 0 radical (unpaired) electrons. The molecule has 4 aromatic carbocycles. The van der Waals surface area contributed by atoms with Crippen molar-refractivity contribution in [3.8, 4) is 0 Å². The molecular weight excluding hydrogens is 430 g/mol. The van der Waals surface area contributed by atoms with Crippen LogP contribution in [0.25, 0.3) is 21.8 Å². The van der Waals surface area contributed by atoms with Crippen molar-refractivity contribution in [1.82, 2.24) is 9.99 Å². The highest BCUT2D eigenvalue weighted by molar-refractivity contribution is 6.09. The zero-order valence-electron chi connectivity index (χ0n) is 19.7. The zero-order valence-corrected chi connectivity index (χ0v) is 19.7. The van der Waals surface area contributed by atoms with Gasteiger partial charge >= 0.3 is 0 Å². The van der Waals surface area contributed by atoms with Crippen LogP contribution in [0, 0.1) is 5.92 Å². The Hall–Kier alpha value is -4.18. The molecule has 5 aromatic rings. The SMILES string of the molecule is CCn1c2ccccc2c2cc(C=NNC(=O)[C@H]3CC3(c3ccccc3)c3ccccc3)ccc21. The van der Waals surface area contributed by atoms with Crippen molar-refractivity contribution in [3.63, 3.8) is 0 Å². The number of hydrazone groups is 1. The van der Waals surface area contributed by atoms with E-state index in [2.05, 4.69) is 88.7 Å². The summed E-state index contributed by atoms with van der Waals surface area (Å²) in [7, 11) is 0. The Balaban J connectivity index is 1.25. The third-order valence-corrected chi connectivity index (χ3v) is 7.36. The van der Waals surface area contributed by atoms with Crippen LogP contribution in [0.1, 0.15) is 30.0 Å². The third kappa shape index (κ3) is 3.53. The first-order valence-electron chi connectivity index (χ1n) is 12.2. The lowest BCUT2D eigenvalue weighted by Crippen LogP contribution is -2.25. The topological polar surface area (TPSA) is 46.4 Å². The van der Waals surface area contributed by atoms with E-state index in [0.717, 1.165) is 18.5 Å². The number of amides is 1. The van der Waals surface area contributed by atoms with E-state index in [1.165, 1.54) is 32.9 Å². The molecule has 1 aliphatic carbocycles. The van der Waals surface area contributed by atoms with Crippen molar-refractivity contribution in [3.05, 3.63) is 120 Å². The fourth-order valence-electron chi connectivity index (χ4n) is 5.60. The van der Waals surface area contributed by atoms with E-state index in [1.54, 1.807) is 6.21 Å². The average Bonchev–Trinajstić information content (AvgIpc) is 3.61. The van der Waals surface area contributed by atoms with E-state index in [-0.39, 0.29) is 17.2 Å². The Morgan fingerprint density at radius 1 is 0.886 bits per heavy atom. The number of nitrogens with zero attached hydrogens (tertiary/aromatic N) is 2. The summed E-state index contributed by atoms with van der Waals surface area (Å²) < 4.78 is 2.33. The summed E-state index contributed by atoms with van der Waals surface area (Å²) in [6.07, 6.45) is 2.52. The molecule has 1 saturated carbocycles. The van der Waals surface area contributed by atoms with Crippen LogP contribution < -0.4 is 5.43 Å². The maximum atomic E-state index is 13.2. The van der Waals surface area contributed by atoms with Gasteiger partial charge in [-0.2, -0.15) is 5.10 Å². The summed E-state index contributed by atoms with van der Waals surface area (Å²) in [5, 5.41) is 6.77. The summed E-state index contributed by atoms with van der Waals surface area (Å²) in [4.78, 5) is 13.2. The molecule has 0 bridgehead atoms. The lowest BCUT2D eigenvalue weighted by molar-refractivity contribution is -0.122. The Morgan fingerprint density at radius 2 is 1.51 bits per heavy atom. The second kappa shape index (κ2) is 8.55. The molecule has 6 rings (SSSR count). The molecule has 1 atom stereocenters. The minimum absolute atomic E-state index is 0.0439. The smallest absolute Gasteiger partial charge is 0.244 e. The van der Waals surface area contributed by atoms with Gasteiger partial charge in [0.25, 0.3) is 0 Å². The first-order chi connectivity index (χ1) is 17.2. The molecule has 0 saturated heterocycles. The second-order valence-corrected chi connectivity index (χ2v) is 9.23. The number of fused-ring (bicyclic) bond motifs is 3. The van der Waals surface area contributed by atoms with Gasteiger partial charge in [0.1, 0.15) is 0 Å². The summed E-state index contributed by atoms with van der Waals surface area (Å²) in [6.45, 7) is 3.08. The van der Waals surface area contributed by atoms with E-state index in [4.69, 9.17) is 0 Å². The molecule has 1 fully saturated rings. The largest absolute Gasteiger partial charge is 0.341 e. The molecule has 1 aromatic heterocycles. The molecule has 172 valence electrons. The van der Waals surface area contributed by atoms with Crippen LogP contribution >= 0.6 is 0 Å². The molecule has 1 heterocycles. The van der Waals surface area contributed by atoms with Gasteiger partial charge in [0.05, 0.1) is 12.1 Å². The number of aromatic nitrogens is 1. The first-order valence-corrected chi connectivity index (χ1v) is 12.2. The number of carbonyl (C=O) groups is 1. The monoisotopic (exact) mass is 457 g/mol. The Labute approximate surface area is 204 Å². The van der Waals surface area contributed by atoms with Crippen LogP contribution in [-0.2, 0) is 16.8 Å². The van der Waals surface area contributed by atoms with Gasteiger partial charge in [-0.05, 0) is 48.2 Å². The summed E-state index contributed by atoms with van der Waals surface area (Å²) >= 11 is 0. The Bertz CT molecular complexity index is 1510. The summed E-state index contributed by atoms with van der Waals surface area (Å²) in [5.74, 6) is -0.188. The van der Waals surface area contributed by atoms with Gasteiger partial charge in [0.2, 0.25) is 5.91 Å². The molecule has 1 amide bonds. The molecule has 0 aliphatic heterocycles. The normalized spacial score (nSPS) is 16.7. The number of nitrogens with one attached hydrogen (secondary N) is 1. The average molecular weight is 458 g/mol. The predicted octanol–water partition coefficient (Wildman–Crippen LogP) is 6.27. The van der Waals surface area contributed by atoms with Gasteiger partial charge in [0, 0.05) is 33.8 Å². The fourth-order valence-corrected chi connectivity index (χ4v) is 5.60. The van der Waals surface area contributed by atoms with Crippen molar-refractivity contribution in [1.29, 1.82) is 0 Å². The molecule has 0 spiro atoms. The first kappa shape index (κ1) is 21.4. The van der Waals surface area contributed by atoms with Gasteiger partial charge in [-0.1, -0.05) is 84.9 Å². The second-order valence-electron chi connectivity index (χ2n) is 9.23. The van der Waals surface area contributed by atoms with Crippen LogP contribution in [0.15, 0.2) is 108 Å². The van der Waals surface area contributed by atoms with Crippen molar-refractivity contribution in [2.75, 3.05) is 0 Å². The molecule has 4 nitrogen and oxygen atoms in total. The number of para-hydroxylation sites is 1. The van der Waals surface area contributed by atoms with Gasteiger partial charge in [-0.15, -0.1) is 0 Å². The lowest BCUT2D eigenvalue weighted by Gasteiger charge is -2.18. The number of rotatable bonds is 6. The zero-order chi connectivity index (χ0) is 23.8. The van der Waals surface area contributed by atoms with Gasteiger partial charge < -0.3 is 4.57 Å². The Morgan fingerprint density at radius 3 is 2.20 bits per heavy atom. The minimum Gasteiger partial charge on any atom is -0.341 e. The highest BCUT2D eigenvalue weighted by Gasteiger charge is 2.60. The third-order valence-electron chi connectivity index (χ3n) is 7.36. The van der Waals surface area contributed by atoms with E-state index in [9.17, 15) is 4.79 Å². The molecule has 1 aliphatic rings. The van der Waals surface area contributed by atoms with Crippen molar-refractivity contribution >= 4 is 33.9 Å². The number of benzene rings is 4. The number of aryl methyl sites for hydroxylation is 1. The van der Waals surface area contributed by atoms with E-state index in [0.29, 0.717) is 0 Å². The highest BCUT2D eigenvalue weighted by Crippen LogP contribution is 2.58. The fraction of sp³-hybridized carbons (Fsp3) is 0.161. The van der Waals surface area contributed by atoms with Crippen LogP contribution in [0.3, 0.4) is 0 Å². The molecule has 0 unspecified atom stereocenters. The lowest BCUT2D eigenvalue weighted by atomic mass is 9.85. The van der Waals surface area contributed by atoms with Crippen molar-refractivity contribution < 1.29 is 4.79 Å². The summed E-state index contributed by atoms with van der Waals surface area (Å²) in [5.41, 5.74) is 8.28. The standard InChI is InChI=1S/C31H27N3O/c1-2-34-28-16-10-9-15-25(28)26-19-22(17-18-29(26)34)21-32-33-30(35)27-20-31(27,23-11-5-3-6-12-23)24-13-7-4-8-14-24/h3-19,21,27H,2,20H2,1H3,(H,33,35)/t27-/m1/s1. The molecule has 4 heteroatoms. The predicted molar refractivity (Wildman–Crippen MR) is 143 cm³/mol. The quantitative estimate of drug-likeness (QED) is 0.237. The Kier molecular flexibility index (Phi) is 5.22. The molecular formula is C31H27N3O. The number of hydrogen-bond acceptors (Lipinski definition) is 2. The van der Waals surface area contributed by atoms with Gasteiger partial charge in [-0.3, -0.25) is 4.79 Å². The van der Waals surface area contributed by atoms with Gasteiger partial charge in [0.15, 0.2) is 0 Å². The van der Waals surface area contributed by atoms with E-state index in [1.807, 2.05) is 36.4 Å². The van der Waals surface area contributed by atoms with Crippen LogP contribution in [0.2, 0.25) is 0 Å². The van der Waals surface area contributed by atoms with Gasteiger partial charge in [-0.25, -0.2) is 5.43 Å². The highest BCUT2D eigenvalue weighted by atomic mass is 16.2. The van der Waals surface area contributed by atoms with Crippen LogP contribution in [-0.4, -0.2) is 16.7 Å². The van der Waals surface area contributed by atoms with Crippen molar-refractivity contribution in [2.45, 2.75) is 25.3 Å². The van der Waals surface area contributed by atoms with Crippen LogP contribution in [0.5, 0.6) is 0 Å².